The number of rotatable bonds is 2. The molecule has 1 aromatic heterocycles. The second-order valence-corrected chi connectivity index (χ2v) is 1.33. The summed E-state index contributed by atoms with van der Waals surface area (Å²) < 4.78 is 0. The first-order valence-electron chi connectivity index (χ1n) is 2.56. The Bertz CT molecular complexity index is 141. The number of hydrogen-bond acceptors (Lipinski definition) is 2. The third-order valence-corrected chi connectivity index (χ3v) is 0.742. The number of hydrogen-bond donors (Lipinski definition) is 0. The SMILES string of the molecule is CCOn1cccn1.Cl. The van der Waals surface area contributed by atoms with Crippen molar-refractivity contribution in [3.63, 3.8) is 0 Å². The lowest BCUT2D eigenvalue weighted by Crippen LogP contribution is -2.10. The third kappa shape index (κ3) is 2.37. The van der Waals surface area contributed by atoms with Crippen molar-refractivity contribution < 1.29 is 4.84 Å². The first kappa shape index (κ1) is 8.30. The molecule has 1 aromatic rings. The van der Waals surface area contributed by atoms with Crippen LogP contribution in [0.25, 0.3) is 0 Å². The van der Waals surface area contributed by atoms with Crippen LogP contribution < -0.4 is 4.84 Å². The molecule has 0 fully saturated rings. The molecular weight excluding hydrogens is 140 g/mol. The van der Waals surface area contributed by atoms with Crippen molar-refractivity contribution in [2.75, 3.05) is 6.61 Å². The van der Waals surface area contributed by atoms with Crippen molar-refractivity contribution in [2.45, 2.75) is 6.92 Å². The summed E-state index contributed by atoms with van der Waals surface area (Å²) >= 11 is 0. The Kier molecular flexibility index (Phi) is 3.88. The minimum atomic E-state index is 0. The highest BCUT2D eigenvalue weighted by Gasteiger charge is 1.81. The summed E-state index contributed by atoms with van der Waals surface area (Å²) in [4.78, 5) is 6.38. The molecular formula is C5H9ClN2O. The Labute approximate surface area is 60.0 Å². The highest BCUT2D eigenvalue weighted by atomic mass is 35.5. The van der Waals surface area contributed by atoms with Crippen molar-refractivity contribution in [3.8, 4) is 0 Å². The molecule has 0 aliphatic rings. The van der Waals surface area contributed by atoms with Crippen molar-refractivity contribution in [1.82, 2.24) is 9.94 Å². The summed E-state index contributed by atoms with van der Waals surface area (Å²) in [7, 11) is 0. The molecule has 1 rings (SSSR count). The molecule has 0 atom stereocenters. The number of aromatic nitrogens is 2. The molecule has 52 valence electrons. The van der Waals surface area contributed by atoms with Crippen LogP contribution in [-0.2, 0) is 0 Å². The summed E-state index contributed by atoms with van der Waals surface area (Å²) in [6.45, 7) is 2.57. The lowest BCUT2D eigenvalue weighted by atomic mass is 10.8. The molecule has 0 unspecified atom stereocenters. The van der Waals surface area contributed by atoms with E-state index in [0.29, 0.717) is 6.61 Å². The van der Waals surface area contributed by atoms with E-state index in [9.17, 15) is 0 Å². The van der Waals surface area contributed by atoms with E-state index < -0.39 is 0 Å². The van der Waals surface area contributed by atoms with Crippen LogP contribution in [0.3, 0.4) is 0 Å². The largest absolute Gasteiger partial charge is 0.397 e. The highest BCUT2D eigenvalue weighted by Crippen LogP contribution is 1.77. The number of halogens is 1. The van der Waals surface area contributed by atoms with Gasteiger partial charge in [-0.3, -0.25) is 0 Å². The molecule has 3 nitrogen and oxygen atoms in total. The normalized spacial score (nSPS) is 8.11. The van der Waals surface area contributed by atoms with Gasteiger partial charge in [-0.1, -0.05) is 0 Å². The van der Waals surface area contributed by atoms with Crippen LogP contribution >= 0.6 is 12.4 Å². The molecule has 0 spiro atoms. The molecule has 9 heavy (non-hydrogen) atoms. The molecule has 0 aliphatic heterocycles. The maximum Gasteiger partial charge on any atom is 0.114 e. The fraction of sp³-hybridized carbons (Fsp3) is 0.400. The van der Waals surface area contributed by atoms with Gasteiger partial charge in [0.25, 0.3) is 0 Å². The van der Waals surface area contributed by atoms with Crippen molar-refractivity contribution in [3.05, 3.63) is 18.5 Å². The van der Waals surface area contributed by atoms with Crippen LogP contribution in [0.1, 0.15) is 6.92 Å². The Hall–Kier alpha value is -0.700. The van der Waals surface area contributed by atoms with Gasteiger partial charge in [-0.05, 0) is 13.0 Å². The molecule has 0 bridgehead atoms. The zero-order chi connectivity index (χ0) is 5.82. The van der Waals surface area contributed by atoms with Crippen LogP contribution in [0.2, 0.25) is 0 Å². The molecule has 0 saturated carbocycles. The zero-order valence-corrected chi connectivity index (χ0v) is 5.97. The van der Waals surface area contributed by atoms with E-state index in [1.165, 1.54) is 4.85 Å². The monoisotopic (exact) mass is 148 g/mol. The van der Waals surface area contributed by atoms with Gasteiger partial charge >= 0.3 is 0 Å². The minimum absolute atomic E-state index is 0. The van der Waals surface area contributed by atoms with E-state index in [-0.39, 0.29) is 12.4 Å². The van der Waals surface area contributed by atoms with E-state index in [4.69, 9.17) is 4.84 Å². The third-order valence-electron chi connectivity index (χ3n) is 0.742. The van der Waals surface area contributed by atoms with Gasteiger partial charge in [0, 0.05) is 0 Å². The average Bonchev–Trinajstić information content (AvgIpc) is 2.19. The van der Waals surface area contributed by atoms with Gasteiger partial charge in [0.1, 0.15) is 6.61 Å². The smallest absolute Gasteiger partial charge is 0.114 e. The molecule has 0 amide bonds. The second kappa shape index (κ2) is 4.21. The maximum absolute atomic E-state index is 4.95. The molecule has 4 heteroatoms. The van der Waals surface area contributed by atoms with E-state index in [0.717, 1.165) is 0 Å². The van der Waals surface area contributed by atoms with Gasteiger partial charge < -0.3 is 4.84 Å². The summed E-state index contributed by atoms with van der Waals surface area (Å²) in [5, 5.41) is 3.80. The predicted molar refractivity (Wildman–Crippen MR) is 36.6 cm³/mol. The van der Waals surface area contributed by atoms with Gasteiger partial charge in [-0.25, -0.2) is 0 Å². The van der Waals surface area contributed by atoms with Crippen molar-refractivity contribution in [2.24, 2.45) is 0 Å². The fourth-order valence-corrected chi connectivity index (χ4v) is 0.463. The van der Waals surface area contributed by atoms with Crippen LogP contribution in [-0.4, -0.2) is 16.6 Å². The van der Waals surface area contributed by atoms with Gasteiger partial charge in [-0.15, -0.1) is 22.4 Å². The summed E-state index contributed by atoms with van der Waals surface area (Å²) in [5.74, 6) is 0. The Balaban J connectivity index is 0.000000640. The molecule has 0 radical (unpaired) electrons. The Morgan fingerprint density at radius 3 is 2.89 bits per heavy atom. The lowest BCUT2D eigenvalue weighted by Gasteiger charge is -1.97. The van der Waals surface area contributed by atoms with Gasteiger partial charge in [-0.2, -0.15) is 0 Å². The second-order valence-electron chi connectivity index (χ2n) is 1.33. The lowest BCUT2D eigenvalue weighted by molar-refractivity contribution is 0.0928. The first-order chi connectivity index (χ1) is 3.93. The molecule has 0 saturated heterocycles. The standard InChI is InChI=1S/C5H8N2O.ClH/c1-2-8-7-5-3-4-6-7;/h3-5H,2H2,1H3;1H. The number of nitrogens with zero attached hydrogens (tertiary/aromatic N) is 2. The van der Waals surface area contributed by atoms with Crippen LogP contribution in [0.5, 0.6) is 0 Å². The Morgan fingerprint density at radius 1 is 1.67 bits per heavy atom. The topological polar surface area (TPSA) is 27.1 Å². The van der Waals surface area contributed by atoms with Gasteiger partial charge in [0.05, 0.1) is 12.4 Å². The molecule has 0 aliphatic carbocycles. The van der Waals surface area contributed by atoms with Crippen molar-refractivity contribution >= 4 is 12.4 Å². The average molecular weight is 149 g/mol. The molecule has 0 N–H and O–H groups in total. The maximum atomic E-state index is 4.95. The molecule has 0 aromatic carbocycles. The first-order valence-corrected chi connectivity index (χ1v) is 2.56. The van der Waals surface area contributed by atoms with Gasteiger partial charge in [0.15, 0.2) is 0 Å². The molecule has 1 heterocycles. The quantitative estimate of drug-likeness (QED) is 0.619. The van der Waals surface area contributed by atoms with E-state index in [1.807, 2.05) is 13.0 Å². The van der Waals surface area contributed by atoms with E-state index in [2.05, 4.69) is 5.10 Å². The predicted octanol–water partition coefficient (Wildman–Crippen LogP) is 0.753. The zero-order valence-electron chi connectivity index (χ0n) is 5.15. The summed E-state index contributed by atoms with van der Waals surface area (Å²) in [6.07, 6.45) is 3.43. The van der Waals surface area contributed by atoms with Crippen LogP contribution in [0.15, 0.2) is 18.5 Å². The van der Waals surface area contributed by atoms with Crippen LogP contribution in [0, 0.1) is 0 Å². The fourth-order valence-electron chi connectivity index (χ4n) is 0.463. The minimum Gasteiger partial charge on any atom is -0.397 e. The van der Waals surface area contributed by atoms with E-state index >= 15 is 0 Å². The summed E-state index contributed by atoms with van der Waals surface area (Å²) in [6, 6.07) is 1.82. The van der Waals surface area contributed by atoms with Crippen molar-refractivity contribution in [1.29, 1.82) is 0 Å². The highest BCUT2D eigenvalue weighted by molar-refractivity contribution is 5.85. The van der Waals surface area contributed by atoms with E-state index in [1.54, 1.807) is 12.4 Å². The summed E-state index contributed by atoms with van der Waals surface area (Å²) in [5.41, 5.74) is 0. The van der Waals surface area contributed by atoms with Crippen LogP contribution in [0.4, 0.5) is 0 Å². The Morgan fingerprint density at radius 2 is 2.44 bits per heavy atom. The van der Waals surface area contributed by atoms with Gasteiger partial charge in [0.2, 0.25) is 0 Å².